The highest BCUT2D eigenvalue weighted by Gasteiger charge is 2.11. The fourth-order valence-electron chi connectivity index (χ4n) is 1.58. The quantitative estimate of drug-likeness (QED) is 0.507. The summed E-state index contributed by atoms with van der Waals surface area (Å²) in [6.07, 6.45) is 2.12. The highest BCUT2D eigenvalue weighted by atomic mass is 19.1. The number of nitrogens with one attached hydrogen (secondary N) is 2. The minimum atomic E-state index is -1.10. The van der Waals surface area contributed by atoms with Gasteiger partial charge in [0.15, 0.2) is 0 Å². The van der Waals surface area contributed by atoms with Crippen molar-refractivity contribution in [2.75, 3.05) is 0 Å². The third-order valence-corrected chi connectivity index (χ3v) is 2.76. The Hall–Kier alpha value is -3.42. The molecule has 0 bridgehead atoms. The summed E-state index contributed by atoms with van der Waals surface area (Å²) in [6.45, 7) is 0. The topological polar surface area (TPSA) is 82.9 Å². The second-order valence-electron chi connectivity index (χ2n) is 4.44. The molecule has 122 valence electrons. The van der Waals surface area contributed by atoms with Crippen molar-refractivity contribution in [3.05, 3.63) is 71.3 Å². The molecule has 0 atom stereocenters. The molecule has 0 unspecified atom stereocenters. The summed E-state index contributed by atoms with van der Waals surface area (Å²) in [5, 5.41) is 6.93. The van der Waals surface area contributed by atoms with E-state index in [0.29, 0.717) is 0 Å². The first kappa shape index (κ1) is 16.9. The zero-order chi connectivity index (χ0) is 17.4. The van der Waals surface area contributed by atoms with Gasteiger partial charge in [-0.3, -0.25) is 9.59 Å². The van der Waals surface area contributed by atoms with Gasteiger partial charge in [-0.2, -0.15) is 10.2 Å². The first-order valence-electron chi connectivity index (χ1n) is 6.73. The van der Waals surface area contributed by atoms with E-state index in [-0.39, 0.29) is 11.1 Å². The Bertz CT molecular complexity index is 739. The van der Waals surface area contributed by atoms with E-state index >= 15 is 0 Å². The van der Waals surface area contributed by atoms with Crippen LogP contribution in [0, 0.1) is 11.6 Å². The lowest BCUT2D eigenvalue weighted by Crippen LogP contribution is -2.35. The van der Waals surface area contributed by atoms with E-state index < -0.39 is 23.4 Å². The number of hydrogen-bond acceptors (Lipinski definition) is 4. The van der Waals surface area contributed by atoms with Crippen molar-refractivity contribution in [3.63, 3.8) is 0 Å². The number of nitrogens with zero attached hydrogens (tertiary/aromatic N) is 2. The van der Waals surface area contributed by atoms with Gasteiger partial charge in [0.1, 0.15) is 11.6 Å². The van der Waals surface area contributed by atoms with Crippen LogP contribution in [-0.4, -0.2) is 24.2 Å². The number of benzene rings is 2. The second kappa shape index (κ2) is 8.28. The Kier molecular flexibility index (Phi) is 5.84. The van der Waals surface area contributed by atoms with Crippen molar-refractivity contribution in [2.45, 2.75) is 0 Å². The molecule has 2 aromatic rings. The Morgan fingerprint density at radius 2 is 1.12 bits per heavy atom. The molecule has 0 saturated heterocycles. The summed E-state index contributed by atoms with van der Waals surface area (Å²) in [5.41, 5.74) is 4.14. The van der Waals surface area contributed by atoms with Crippen LogP contribution < -0.4 is 10.9 Å². The van der Waals surface area contributed by atoms with Gasteiger partial charge in [-0.25, -0.2) is 19.6 Å². The molecule has 0 aliphatic rings. The molecule has 24 heavy (non-hydrogen) atoms. The summed E-state index contributed by atoms with van der Waals surface area (Å²) >= 11 is 0. The van der Waals surface area contributed by atoms with Gasteiger partial charge in [0.2, 0.25) is 0 Å². The Balaban J connectivity index is 1.85. The van der Waals surface area contributed by atoms with E-state index in [1.165, 1.54) is 36.4 Å². The first-order valence-corrected chi connectivity index (χ1v) is 6.73. The standard InChI is InChI=1S/C16H12F2N4O2/c17-13-7-3-1-5-11(13)9-19-21-15(23)16(24)22-20-10-12-6-2-4-8-14(12)18/h1-10H,(H,21,23)(H,22,24). The average molecular weight is 330 g/mol. The molecule has 6 nitrogen and oxygen atoms in total. The van der Waals surface area contributed by atoms with E-state index in [0.717, 1.165) is 12.4 Å². The Morgan fingerprint density at radius 3 is 1.50 bits per heavy atom. The fourth-order valence-corrected chi connectivity index (χ4v) is 1.58. The molecule has 0 aliphatic heterocycles. The van der Waals surface area contributed by atoms with Crippen molar-refractivity contribution in [3.8, 4) is 0 Å². The van der Waals surface area contributed by atoms with Gasteiger partial charge in [0, 0.05) is 11.1 Å². The number of hydrazone groups is 2. The van der Waals surface area contributed by atoms with Crippen LogP contribution in [0.25, 0.3) is 0 Å². The van der Waals surface area contributed by atoms with Crippen LogP contribution in [0.15, 0.2) is 58.7 Å². The molecule has 0 radical (unpaired) electrons. The lowest BCUT2D eigenvalue weighted by molar-refractivity contribution is -0.139. The molecule has 2 aromatic carbocycles. The minimum absolute atomic E-state index is 0.149. The fraction of sp³-hybridized carbons (Fsp3) is 0. The highest BCUT2D eigenvalue weighted by molar-refractivity contribution is 6.35. The summed E-state index contributed by atoms with van der Waals surface area (Å²) in [4.78, 5) is 22.9. The molecule has 2 N–H and O–H groups in total. The molecule has 2 amide bonds. The number of hydrogen-bond donors (Lipinski definition) is 2. The summed E-state index contributed by atoms with van der Waals surface area (Å²) in [6, 6.07) is 11.6. The molecule has 0 fully saturated rings. The van der Waals surface area contributed by atoms with Gasteiger partial charge in [-0.05, 0) is 12.1 Å². The highest BCUT2D eigenvalue weighted by Crippen LogP contribution is 2.03. The predicted octanol–water partition coefficient (Wildman–Crippen LogP) is 1.57. The third-order valence-electron chi connectivity index (χ3n) is 2.76. The molecule has 0 spiro atoms. The van der Waals surface area contributed by atoms with Crippen LogP contribution in [0.4, 0.5) is 8.78 Å². The zero-order valence-electron chi connectivity index (χ0n) is 12.2. The number of rotatable bonds is 4. The van der Waals surface area contributed by atoms with Crippen molar-refractivity contribution in [1.82, 2.24) is 10.9 Å². The monoisotopic (exact) mass is 330 g/mol. The van der Waals surface area contributed by atoms with E-state index in [2.05, 4.69) is 10.2 Å². The number of amides is 2. The first-order chi connectivity index (χ1) is 11.6. The lowest BCUT2D eigenvalue weighted by Gasteiger charge is -1.99. The van der Waals surface area contributed by atoms with E-state index in [9.17, 15) is 18.4 Å². The van der Waals surface area contributed by atoms with Crippen LogP contribution in [0.2, 0.25) is 0 Å². The molecule has 2 rings (SSSR count). The second-order valence-corrected chi connectivity index (χ2v) is 4.44. The molecule has 8 heteroatoms. The Labute approximate surface area is 135 Å². The van der Waals surface area contributed by atoms with Crippen molar-refractivity contribution >= 4 is 24.2 Å². The molecule has 0 aromatic heterocycles. The zero-order valence-corrected chi connectivity index (χ0v) is 12.2. The van der Waals surface area contributed by atoms with E-state index in [1.807, 2.05) is 10.9 Å². The van der Waals surface area contributed by atoms with E-state index in [4.69, 9.17) is 0 Å². The predicted molar refractivity (Wildman–Crippen MR) is 84.3 cm³/mol. The van der Waals surface area contributed by atoms with Gasteiger partial charge in [0.05, 0.1) is 12.4 Å². The maximum Gasteiger partial charge on any atom is 0.331 e. The summed E-state index contributed by atoms with van der Waals surface area (Å²) < 4.78 is 26.6. The van der Waals surface area contributed by atoms with Crippen LogP contribution in [0.3, 0.4) is 0 Å². The molecule has 0 heterocycles. The maximum absolute atomic E-state index is 13.3. The number of carbonyl (C=O) groups excluding carboxylic acids is 2. The molecular formula is C16H12F2N4O2. The smallest absolute Gasteiger partial charge is 0.262 e. The lowest BCUT2D eigenvalue weighted by atomic mass is 10.2. The van der Waals surface area contributed by atoms with Gasteiger partial charge < -0.3 is 0 Å². The van der Waals surface area contributed by atoms with Crippen molar-refractivity contribution < 1.29 is 18.4 Å². The van der Waals surface area contributed by atoms with E-state index in [1.54, 1.807) is 12.1 Å². The Morgan fingerprint density at radius 1 is 0.750 bits per heavy atom. The third kappa shape index (κ3) is 4.80. The van der Waals surface area contributed by atoms with Gasteiger partial charge >= 0.3 is 11.8 Å². The van der Waals surface area contributed by atoms with Crippen LogP contribution >= 0.6 is 0 Å². The average Bonchev–Trinajstić information content (AvgIpc) is 2.58. The molecular weight excluding hydrogens is 318 g/mol. The maximum atomic E-state index is 13.3. The number of carbonyl (C=O) groups is 2. The molecule has 0 aliphatic carbocycles. The van der Waals surface area contributed by atoms with Crippen LogP contribution in [-0.2, 0) is 9.59 Å². The summed E-state index contributed by atoms with van der Waals surface area (Å²) in [7, 11) is 0. The van der Waals surface area contributed by atoms with Gasteiger partial charge in [0.25, 0.3) is 0 Å². The molecule has 0 saturated carbocycles. The summed E-state index contributed by atoms with van der Waals surface area (Å²) in [5.74, 6) is -3.24. The van der Waals surface area contributed by atoms with Crippen LogP contribution in [0.1, 0.15) is 11.1 Å². The van der Waals surface area contributed by atoms with Gasteiger partial charge in [-0.15, -0.1) is 0 Å². The van der Waals surface area contributed by atoms with Crippen molar-refractivity contribution in [2.24, 2.45) is 10.2 Å². The minimum Gasteiger partial charge on any atom is -0.262 e. The number of halogens is 2. The van der Waals surface area contributed by atoms with Crippen LogP contribution in [0.5, 0.6) is 0 Å². The van der Waals surface area contributed by atoms with Gasteiger partial charge in [-0.1, -0.05) is 36.4 Å². The SMILES string of the molecule is O=C(NN=Cc1ccccc1F)C(=O)NN=Cc1ccccc1F. The largest absolute Gasteiger partial charge is 0.331 e. The normalized spacial score (nSPS) is 10.9. The van der Waals surface area contributed by atoms with Crippen molar-refractivity contribution in [1.29, 1.82) is 0 Å².